The van der Waals surface area contributed by atoms with Crippen LogP contribution in [-0.4, -0.2) is 22.6 Å². The van der Waals surface area contributed by atoms with Gasteiger partial charge < -0.3 is 5.11 Å². The Balaban J connectivity index is 2.96. The highest BCUT2D eigenvalue weighted by Crippen LogP contribution is 2.32. The summed E-state index contributed by atoms with van der Waals surface area (Å²) in [5, 5.41) is 10.7. The fourth-order valence-electron chi connectivity index (χ4n) is 1.62. The van der Waals surface area contributed by atoms with E-state index in [1.165, 1.54) is 0 Å². The van der Waals surface area contributed by atoms with Crippen LogP contribution in [0, 0.1) is 0 Å². The molecule has 1 N–H and O–H groups in total. The molecule has 0 aromatic heterocycles. The van der Waals surface area contributed by atoms with Crippen molar-refractivity contribution in [2.24, 2.45) is 0 Å². The van der Waals surface area contributed by atoms with Gasteiger partial charge in [0, 0.05) is 23.2 Å². The first-order valence-corrected chi connectivity index (χ1v) is 6.12. The molecule has 0 aliphatic rings. The maximum Gasteiger partial charge on any atom is 0.138 e. The topological polar surface area (TPSA) is 23.5 Å². The lowest BCUT2D eigenvalue weighted by atomic mass is 10.1. The molecule has 0 radical (unpaired) electrons. The molecule has 0 heterocycles. The quantitative estimate of drug-likeness (QED) is 0.888. The highest BCUT2D eigenvalue weighted by molar-refractivity contribution is 6.35. The number of phenols is 1. The summed E-state index contributed by atoms with van der Waals surface area (Å²) in [6.07, 6.45) is 0. The molecular formula is C12H17Cl2NO. The van der Waals surface area contributed by atoms with Crippen molar-refractivity contribution in [1.82, 2.24) is 4.90 Å². The maximum absolute atomic E-state index is 9.83. The zero-order valence-corrected chi connectivity index (χ0v) is 11.3. The second kappa shape index (κ2) is 5.76. The van der Waals surface area contributed by atoms with Crippen LogP contribution >= 0.6 is 23.2 Å². The average Bonchev–Trinajstić information content (AvgIpc) is 2.20. The van der Waals surface area contributed by atoms with Gasteiger partial charge in [0.1, 0.15) is 5.75 Å². The zero-order valence-electron chi connectivity index (χ0n) is 9.80. The standard InChI is InChI=1S/C12H17Cl2NO/c1-4-15(8(2)3)7-9-5-10(13)6-11(14)12(9)16/h5-6,8,16H,4,7H2,1-3H3. The van der Waals surface area contributed by atoms with Crippen molar-refractivity contribution >= 4 is 23.2 Å². The summed E-state index contributed by atoms with van der Waals surface area (Å²) in [6.45, 7) is 7.89. The van der Waals surface area contributed by atoms with Crippen molar-refractivity contribution in [1.29, 1.82) is 0 Å². The molecule has 16 heavy (non-hydrogen) atoms. The fourth-order valence-corrected chi connectivity index (χ4v) is 2.15. The van der Waals surface area contributed by atoms with Gasteiger partial charge in [-0.3, -0.25) is 4.90 Å². The first-order valence-electron chi connectivity index (χ1n) is 5.36. The number of hydrogen-bond donors (Lipinski definition) is 1. The van der Waals surface area contributed by atoms with E-state index in [4.69, 9.17) is 23.2 Å². The van der Waals surface area contributed by atoms with Gasteiger partial charge in [0.05, 0.1) is 5.02 Å². The van der Waals surface area contributed by atoms with Gasteiger partial charge in [0.25, 0.3) is 0 Å². The number of aromatic hydroxyl groups is 1. The summed E-state index contributed by atoms with van der Waals surface area (Å²) in [6, 6.07) is 3.73. The van der Waals surface area contributed by atoms with E-state index in [0.717, 1.165) is 12.1 Å². The predicted molar refractivity (Wildman–Crippen MR) is 69.3 cm³/mol. The Morgan fingerprint density at radius 1 is 1.31 bits per heavy atom. The molecule has 4 heteroatoms. The van der Waals surface area contributed by atoms with Crippen molar-refractivity contribution < 1.29 is 5.11 Å². The van der Waals surface area contributed by atoms with Gasteiger partial charge in [-0.05, 0) is 32.5 Å². The van der Waals surface area contributed by atoms with Crippen LogP contribution in [0.5, 0.6) is 5.75 Å². The number of rotatable bonds is 4. The summed E-state index contributed by atoms with van der Waals surface area (Å²) in [7, 11) is 0. The highest BCUT2D eigenvalue weighted by Gasteiger charge is 2.13. The van der Waals surface area contributed by atoms with Gasteiger partial charge in [0.15, 0.2) is 0 Å². The second-order valence-corrected chi connectivity index (χ2v) is 4.90. The van der Waals surface area contributed by atoms with Crippen molar-refractivity contribution in [2.75, 3.05) is 6.54 Å². The molecule has 0 saturated carbocycles. The molecule has 90 valence electrons. The fraction of sp³-hybridized carbons (Fsp3) is 0.500. The van der Waals surface area contributed by atoms with E-state index in [1.54, 1.807) is 12.1 Å². The van der Waals surface area contributed by atoms with Crippen LogP contribution in [0.1, 0.15) is 26.3 Å². The van der Waals surface area contributed by atoms with E-state index >= 15 is 0 Å². The Kier molecular flexibility index (Phi) is 4.90. The molecule has 0 amide bonds. The number of halogens is 2. The summed E-state index contributed by atoms with van der Waals surface area (Å²) in [4.78, 5) is 2.22. The van der Waals surface area contributed by atoms with Gasteiger partial charge in [-0.15, -0.1) is 0 Å². The lowest BCUT2D eigenvalue weighted by molar-refractivity contribution is 0.222. The predicted octanol–water partition coefficient (Wildman–Crippen LogP) is 3.93. The number of benzene rings is 1. The Hall–Kier alpha value is -0.440. The van der Waals surface area contributed by atoms with Crippen LogP contribution in [0.15, 0.2) is 12.1 Å². The van der Waals surface area contributed by atoms with Gasteiger partial charge in [-0.2, -0.15) is 0 Å². The van der Waals surface area contributed by atoms with Crippen molar-refractivity contribution in [3.8, 4) is 5.75 Å². The van der Waals surface area contributed by atoms with Crippen LogP contribution in [0.2, 0.25) is 10.0 Å². The van der Waals surface area contributed by atoms with E-state index in [9.17, 15) is 5.11 Å². The van der Waals surface area contributed by atoms with E-state index in [0.29, 0.717) is 22.6 Å². The van der Waals surface area contributed by atoms with Crippen LogP contribution in [-0.2, 0) is 6.54 Å². The third-order valence-electron chi connectivity index (χ3n) is 2.62. The van der Waals surface area contributed by atoms with E-state index < -0.39 is 0 Å². The monoisotopic (exact) mass is 261 g/mol. The molecule has 0 atom stereocenters. The van der Waals surface area contributed by atoms with Crippen molar-refractivity contribution in [3.63, 3.8) is 0 Å². The molecule has 0 bridgehead atoms. The zero-order chi connectivity index (χ0) is 12.3. The lowest BCUT2D eigenvalue weighted by Crippen LogP contribution is -2.29. The molecule has 1 rings (SSSR count). The second-order valence-electron chi connectivity index (χ2n) is 4.05. The molecule has 0 aliphatic carbocycles. The van der Waals surface area contributed by atoms with Crippen LogP contribution in [0.4, 0.5) is 0 Å². The minimum Gasteiger partial charge on any atom is -0.506 e. The number of phenolic OH excluding ortho intramolecular Hbond substituents is 1. The van der Waals surface area contributed by atoms with Crippen LogP contribution < -0.4 is 0 Å². The van der Waals surface area contributed by atoms with E-state index in [2.05, 4.69) is 25.7 Å². The Morgan fingerprint density at radius 2 is 1.94 bits per heavy atom. The summed E-state index contributed by atoms with van der Waals surface area (Å²) in [5.74, 6) is 0.130. The van der Waals surface area contributed by atoms with Crippen molar-refractivity contribution in [2.45, 2.75) is 33.4 Å². The minimum absolute atomic E-state index is 0.130. The van der Waals surface area contributed by atoms with E-state index in [1.807, 2.05) is 0 Å². The Labute approximate surface area is 107 Å². The maximum atomic E-state index is 9.83. The third kappa shape index (κ3) is 3.27. The van der Waals surface area contributed by atoms with Gasteiger partial charge in [-0.1, -0.05) is 30.1 Å². The molecule has 0 unspecified atom stereocenters. The largest absolute Gasteiger partial charge is 0.506 e. The lowest BCUT2D eigenvalue weighted by Gasteiger charge is -2.25. The Morgan fingerprint density at radius 3 is 2.44 bits per heavy atom. The van der Waals surface area contributed by atoms with Gasteiger partial charge >= 0.3 is 0 Å². The number of nitrogens with zero attached hydrogens (tertiary/aromatic N) is 1. The summed E-state index contributed by atoms with van der Waals surface area (Å²) >= 11 is 11.8. The molecule has 0 spiro atoms. The number of hydrogen-bond acceptors (Lipinski definition) is 2. The molecule has 0 saturated heterocycles. The SMILES string of the molecule is CCN(Cc1cc(Cl)cc(Cl)c1O)C(C)C. The van der Waals surface area contributed by atoms with Gasteiger partial charge in [0.2, 0.25) is 0 Å². The summed E-state index contributed by atoms with van der Waals surface area (Å²) in [5.41, 5.74) is 0.771. The van der Waals surface area contributed by atoms with E-state index in [-0.39, 0.29) is 5.75 Å². The third-order valence-corrected chi connectivity index (χ3v) is 3.12. The first-order chi connectivity index (χ1) is 7.45. The van der Waals surface area contributed by atoms with Gasteiger partial charge in [-0.25, -0.2) is 0 Å². The normalized spacial score (nSPS) is 11.4. The van der Waals surface area contributed by atoms with Crippen LogP contribution in [0.25, 0.3) is 0 Å². The first kappa shape index (κ1) is 13.6. The van der Waals surface area contributed by atoms with Crippen LogP contribution in [0.3, 0.4) is 0 Å². The highest BCUT2D eigenvalue weighted by atomic mass is 35.5. The molecule has 1 aromatic carbocycles. The molecule has 0 aliphatic heterocycles. The average molecular weight is 262 g/mol. The smallest absolute Gasteiger partial charge is 0.138 e. The molecular weight excluding hydrogens is 245 g/mol. The van der Waals surface area contributed by atoms with Crippen molar-refractivity contribution in [3.05, 3.63) is 27.7 Å². The Bertz CT molecular complexity index is 366. The molecule has 1 aromatic rings. The molecule has 0 fully saturated rings. The summed E-state index contributed by atoms with van der Waals surface area (Å²) < 4.78 is 0. The minimum atomic E-state index is 0.130. The molecule has 2 nitrogen and oxygen atoms in total.